The zero-order valence-corrected chi connectivity index (χ0v) is 15.3. The smallest absolute Gasteiger partial charge is 0.134 e. The molecular formula is C17H24Cl2O2S. The van der Waals surface area contributed by atoms with Gasteiger partial charge in [-0.15, -0.1) is 0 Å². The third-order valence-electron chi connectivity index (χ3n) is 3.45. The van der Waals surface area contributed by atoms with Gasteiger partial charge in [0.2, 0.25) is 0 Å². The van der Waals surface area contributed by atoms with E-state index in [1.54, 1.807) is 17.8 Å². The van der Waals surface area contributed by atoms with Crippen molar-refractivity contribution in [2.45, 2.75) is 50.7 Å². The Labute approximate surface area is 147 Å². The van der Waals surface area contributed by atoms with Gasteiger partial charge < -0.3 is 5.11 Å². The van der Waals surface area contributed by atoms with Gasteiger partial charge in [0.05, 0.1) is 16.7 Å². The average Bonchev–Trinajstić information content (AvgIpc) is 2.50. The van der Waals surface area contributed by atoms with Crippen molar-refractivity contribution >= 4 is 40.7 Å². The molecule has 0 saturated heterocycles. The molecule has 0 radical (unpaired) electrons. The maximum Gasteiger partial charge on any atom is 0.134 e. The van der Waals surface area contributed by atoms with Crippen LogP contribution >= 0.6 is 35.0 Å². The monoisotopic (exact) mass is 362 g/mol. The SMILES string of the molecule is CCCCCCC(=O)CC(SCCO)c1ccc(Cl)c(Cl)c1. The molecule has 1 aromatic rings. The average molecular weight is 363 g/mol. The molecule has 0 aliphatic carbocycles. The van der Waals surface area contributed by atoms with Crippen LogP contribution in [0.5, 0.6) is 0 Å². The topological polar surface area (TPSA) is 37.3 Å². The lowest BCUT2D eigenvalue weighted by Gasteiger charge is -2.16. The molecule has 0 aliphatic rings. The number of aliphatic hydroxyl groups is 1. The van der Waals surface area contributed by atoms with E-state index in [-0.39, 0.29) is 17.6 Å². The van der Waals surface area contributed by atoms with Crippen LogP contribution in [0.1, 0.15) is 56.3 Å². The number of hydrogen-bond donors (Lipinski definition) is 1. The predicted molar refractivity (Wildman–Crippen MR) is 97.1 cm³/mol. The molecule has 0 heterocycles. The minimum atomic E-state index is 0.0283. The zero-order chi connectivity index (χ0) is 16.4. The molecule has 0 saturated carbocycles. The van der Waals surface area contributed by atoms with Gasteiger partial charge in [0, 0.05) is 23.8 Å². The molecule has 1 N–H and O–H groups in total. The second-order valence-corrected chi connectivity index (χ2v) is 7.44. The second-order valence-electron chi connectivity index (χ2n) is 5.31. The molecule has 5 heteroatoms. The normalized spacial score (nSPS) is 12.4. The number of carbonyl (C=O) groups is 1. The third-order valence-corrected chi connectivity index (χ3v) is 5.45. The van der Waals surface area contributed by atoms with Crippen LogP contribution in [0.15, 0.2) is 18.2 Å². The van der Waals surface area contributed by atoms with Gasteiger partial charge in [0.25, 0.3) is 0 Å². The standard InChI is InChI=1S/C17H24Cl2O2S/c1-2-3-4-5-6-14(21)12-17(22-10-9-20)13-7-8-15(18)16(19)11-13/h7-8,11,17,20H,2-6,9-10,12H2,1H3. The number of aliphatic hydroxyl groups excluding tert-OH is 1. The molecule has 0 aromatic heterocycles. The number of rotatable bonds is 11. The van der Waals surface area contributed by atoms with Gasteiger partial charge in [-0.3, -0.25) is 4.79 Å². The summed E-state index contributed by atoms with van der Waals surface area (Å²) in [5.74, 6) is 0.881. The van der Waals surface area contributed by atoms with Crippen LogP contribution in [0.25, 0.3) is 0 Å². The van der Waals surface area contributed by atoms with Gasteiger partial charge in [0.1, 0.15) is 5.78 Å². The van der Waals surface area contributed by atoms with Crippen LogP contribution in [0, 0.1) is 0 Å². The van der Waals surface area contributed by atoms with Gasteiger partial charge >= 0.3 is 0 Å². The van der Waals surface area contributed by atoms with E-state index in [0.29, 0.717) is 28.6 Å². The van der Waals surface area contributed by atoms with Gasteiger partial charge in [-0.05, 0) is 24.1 Å². The molecule has 2 nitrogen and oxygen atoms in total. The molecule has 0 fully saturated rings. The number of ketones is 1. The number of halogens is 2. The Morgan fingerprint density at radius 2 is 2.00 bits per heavy atom. The van der Waals surface area contributed by atoms with Crippen LogP contribution in [0.3, 0.4) is 0 Å². The van der Waals surface area contributed by atoms with Crippen LogP contribution in [-0.4, -0.2) is 23.2 Å². The number of carbonyl (C=O) groups excluding carboxylic acids is 1. The Balaban J connectivity index is 2.63. The molecule has 1 unspecified atom stereocenters. The highest BCUT2D eigenvalue weighted by atomic mass is 35.5. The quantitative estimate of drug-likeness (QED) is 0.513. The summed E-state index contributed by atoms with van der Waals surface area (Å²) in [7, 11) is 0. The van der Waals surface area contributed by atoms with Crippen molar-refractivity contribution in [3.63, 3.8) is 0 Å². The molecule has 1 rings (SSSR count). The lowest BCUT2D eigenvalue weighted by molar-refractivity contribution is -0.119. The van der Waals surface area contributed by atoms with E-state index >= 15 is 0 Å². The Bertz CT molecular complexity index is 466. The minimum absolute atomic E-state index is 0.0283. The van der Waals surface area contributed by atoms with Crippen molar-refractivity contribution in [1.29, 1.82) is 0 Å². The Hall–Kier alpha value is -0.220. The fourth-order valence-corrected chi connectivity index (χ4v) is 3.58. The molecule has 0 amide bonds. The van der Waals surface area contributed by atoms with Gasteiger partial charge in [0.15, 0.2) is 0 Å². The van der Waals surface area contributed by atoms with Crippen molar-refractivity contribution in [1.82, 2.24) is 0 Å². The summed E-state index contributed by atoms with van der Waals surface area (Å²) in [5, 5.41) is 10.1. The first kappa shape index (κ1) is 19.8. The molecule has 22 heavy (non-hydrogen) atoms. The Kier molecular flexibility index (Phi) is 10.2. The van der Waals surface area contributed by atoms with E-state index < -0.39 is 0 Å². The first-order valence-corrected chi connectivity index (χ1v) is 9.58. The Morgan fingerprint density at radius 1 is 1.23 bits per heavy atom. The first-order valence-electron chi connectivity index (χ1n) is 7.77. The summed E-state index contributed by atoms with van der Waals surface area (Å²) in [5.41, 5.74) is 0.995. The molecule has 0 bridgehead atoms. The highest BCUT2D eigenvalue weighted by molar-refractivity contribution is 7.99. The van der Waals surface area contributed by atoms with Gasteiger partial charge in [-0.2, -0.15) is 11.8 Å². The van der Waals surface area contributed by atoms with Crippen LogP contribution in [0.2, 0.25) is 10.0 Å². The summed E-state index contributed by atoms with van der Waals surface area (Å²) >= 11 is 13.6. The van der Waals surface area contributed by atoms with Crippen LogP contribution < -0.4 is 0 Å². The van der Waals surface area contributed by atoms with Crippen molar-refractivity contribution in [3.8, 4) is 0 Å². The predicted octanol–water partition coefficient (Wildman–Crippen LogP) is 5.69. The zero-order valence-electron chi connectivity index (χ0n) is 13.0. The summed E-state index contributed by atoms with van der Waals surface area (Å²) in [6.45, 7) is 2.26. The fourth-order valence-electron chi connectivity index (χ4n) is 2.24. The third kappa shape index (κ3) is 7.36. The summed E-state index contributed by atoms with van der Waals surface area (Å²) < 4.78 is 0. The van der Waals surface area contributed by atoms with Crippen LogP contribution in [0.4, 0.5) is 0 Å². The van der Waals surface area contributed by atoms with Gasteiger partial charge in [-0.25, -0.2) is 0 Å². The lowest BCUT2D eigenvalue weighted by Crippen LogP contribution is -2.06. The number of unbranched alkanes of at least 4 members (excludes halogenated alkanes) is 3. The molecule has 124 valence electrons. The molecule has 0 spiro atoms. The minimum Gasteiger partial charge on any atom is -0.396 e. The van der Waals surface area contributed by atoms with E-state index in [4.69, 9.17) is 28.3 Å². The molecular weight excluding hydrogens is 339 g/mol. The van der Waals surface area contributed by atoms with E-state index in [2.05, 4.69) is 6.92 Å². The number of hydrogen-bond acceptors (Lipinski definition) is 3. The van der Waals surface area contributed by atoms with E-state index in [9.17, 15) is 4.79 Å². The first-order chi connectivity index (χ1) is 10.6. The Morgan fingerprint density at radius 3 is 2.64 bits per heavy atom. The number of thioether (sulfide) groups is 1. The van der Waals surface area contributed by atoms with Crippen LogP contribution in [-0.2, 0) is 4.79 Å². The summed E-state index contributed by atoms with van der Waals surface area (Å²) in [6.07, 6.45) is 5.55. The molecule has 1 atom stereocenters. The molecule has 1 aromatic carbocycles. The van der Waals surface area contributed by atoms with Crippen molar-refractivity contribution in [3.05, 3.63) is 33.8 Å². The largest absolute Gasteiger partial charge is 0.396 e. The lowest BCUT2D eigenvalue weighted by atomic mass is 10.0. The van der Waals surface area contributed by atoms with Crippen molar-refractivity contribution in [2.24, 2.45) is 0 Å². The fraction of sp³-hybridized carbons (Fsp3) is 0.588. The van der Waals surface area contributed by atoms with Gasteiger partial charge in [-0.1, -0.05) is 55.5 Å². The maximum absolute atomic E-state index is 12.2. The van der Waals surface area contributed by atoms with E-state index in [1.807, 2.05) is 12.1 Å². The maximum atomic E-state index is 12.2. The number of Topliss-reactive ketones (excluding diaryl/α,β-unsaturated/α-hetero) is 1. The second kappa shape index (κ2) is 11.3. The molecule has 0 aliphatic heterocycles. The summed E-state index contributed by atoms with van der Waals surface area (Å²) in [6, 6.07) is 5.49. The summed E-state index contributed by atoms with van der Waals surface area (Å²) in [4.78, 5) is 12.2. The number of benzene rings is 1. The highest BCUT2D eigenvalue weighted by Gasteiger charge is 2.17. The van der Waals surface area contributed by atoms with E-state index in [0.717, 1.165) is 18.4 Å². The van der Waals surface area contributed by atoms with Crippen molar-refractivity contribution < 1.29 is 9.90 Å². The van der Waals surface area contributed by atoms with Crippen molar-refractivity contribution in [2.75, 3.05) is 12.4 Å². The van der Waals surface area contributed by atoms with E-state index in [1.165, 1.54) is 12.8 Å². The highest BCUT2D eigenvalue weighted by Crippen LogP contribution is 2.35.